The van der Waals surface area contributed by atoms with Gasteiger partial charge in [-0.25, -0.2) is 0 Å². The third-order valence-corrected chi connectivity index (χ3v) is 2.04. The van der Waals surface area contributed by atoms with Crippen molar-refractivity contribution in [2.24, 2.45) is 0 Å². The van der Waals surface area contributed by atoms with E-state index >= 15 is 0 Å². The minimum Gasteiger partial charge on any atom is -0.493 e. The molecular weight excluding hydrogens is 186 g/mol. The third-order valence-electron chi connectivity index (χ3n) is 1.60. The average molecular weight is 199 g/mol. The third kappa shape index (κ3) is 2.45. The summed E-state index contributed by atoms with van der Waals surface area (Å²) in [5.74, 6) is 1.48. The minimum atomic E-state index is 0.738. The molecule has 0 heterocycles. The highest BCUT2D eigenvalue weighted by molar-refractivity contribution is 7.99. The molecule has 0 radical (unpaired) electrons. The van der Waals surface area contributed by atoms with Gasteiger partial charge in [-0.3, -0.25) is 0 Å². The van der Waals surface area contributed by atoms with E-state index in [4.69, 9.17) is 9.47 Å². The molecule has 0 fully saturated rings. The monoisotopic (exact) mass is 199 g/mol. The van der Waals surface area contributed by atoms with Crippen LogP contribution in [-0.2, 0) is 0 Å². The van der Waals surface area contributed by atoms with Crippen LogP contribution in [0, 0.1) is 0 Å². The first-order chi connectivity index (χ1) is 6.31. The van der Waals surface area contributed by atoms with Crippen LogP contribution in [0.25, 0.3) is 0 Å². The SMILES string of the molecule is COc1ccc(NSC)cc1OC. The van der Waals surface area contributed by atoms with E-state index in [2.05, 4.69) is 4.72 Å². The molecule has 0 amide bonds. The molecule has 0 unspecified atom stereocenters. The van der Waals surface area contributed by atoms with Crippen molar-refractivity contribution < 1.29 is 9.47 Å². The maximum absolute atomic E-state index is 5.15. The highest BCUT2D eigenvalue weighted by Crippen LogP contribution is 2.30. The van der Waals surface area contributed by atoms with E-state index in [-0.39, 0.29) is 0 Å². The van der Waals surface area contributed by atoms with Gasteiger partial charge in [0, 0.05) is 18.0 Å². The van der Waals surface area contributed by atoms with Crippen LogP contribution in [0.3, 0.4) is 0 Å². The number of rotatable bonds is 4. The van der Waals surface area contributed by atoms with Crippen LogP contribution < -0.4 is 14.2 Å². The zero-order valence-electron chi connectivity index (χ0n) is 7.96. The molecule has 72 valence electrons. The first-order valence-electron chi connectivity index (χ1n) is 3.83. The molecular formula is C9H13NO2S. The fourth-order valence-corrected chi connectivity index (χ4v) is 1.38. The molecule has 0 saturated carbocycles. The first kappa shape index (κ1) is 10.1. The van der Waals surface area contributed by atoms with Crippen molar-refractivity contribution in [1.82, 2.24) is 0 Å². The number of benzene rings is 1. The highest BCUT2D eigenvalue weighted by atomic mass is 32.2. The van der Waals surface area contributed by atoms with Gasteiger partial charge in [0.1, 0.15) is 0 Å². The lowest BCUT2D eigenvalue weighted by Gasteiger charge is -2.09. The molecule has 1 N–H and O–H groups in total. The molecule has 0 saturated heterocycles. The highest BCUT2D eigenvalue weighted by Gasteiger charge is 2.03. The molecule has 1 aromatic rings. The summed E-state index contributed by atoms with van der Waals surface area (Å²) in [5, 5.41) is 0. The van der Waals surface area contributed by atoms with Crippen molar-refractivity contribution in [2.75, 3.05) is 25.2 Å². The van der Waals surface area contributed by atoms with E-state index in [1.165, 1.54) is 0 Å². The molecule has 3 nitrogen and oxygen atoms in total. The molecule has 0 atom stereocenters. The number of hydrogen-bond acceptors (Lipinski definition) is 4. The van der Waals surface area contributed by atoms with Gasteiger partial charge in [-0.1, -0.05) is 11.9 Å². The van der Waals surface area contributed by atoms with Gasteiger partial charge in [0.25, 0.3) is 0 Å². The lowest BCUT2D eigenvalue weighted by Crippen LogP contribution is -1.92. The van der Waals surface area contributed by atoms with E-state index in [1.807, 2.05) is 24.5 Å². The Hall–Kier alpha value is -1.03. The van der Waals surface area contributed by atoms with Crippen LogP contribution in [0.5, 0.6) is 11.5 Å². The molecule has 0 aliphatic rings. The molecule has 0 spiro atoms. The molecule has 13 heavy (non-hydrogen) atoms. The zero-order chi connectivity index (χ0) is 9.68. The number of ether oxygens (including phenoxy) is 2. The molecule has 1 rings (SSSR count). The second kappa shape index (κ2) is 4.87. The van der Waals surface area contributed by atoms with Gasteiger partial charge in [0.15, 0.2) is 11.5 Å². The fourth-order valence-electron chi connectivity index (χ4n) is 1.02. The van der Waals surface area contributed by atoms with Gasteiger partial charge in [-0.05, 0) is 12.1 Å². The van der Waals surface area contributed by atoms with Crippen LogP contribution in [0.1, 0.15) is 0 Å². The molecule has 0 bridgehead atoms. The number of nitrogens with one attached hydrogen (secondary N) is 1. The van der Waals surface area contributed by atoms with Gasteiger partial charge in [0.2, 0.25) is 0 Å². The van der Waals surface area contributed by atoms with E-state index in [0.29, 0.717) is 0 Å². The van der Waals surface area contributed by atoms with E-state index in [1.54, 1.807) is 26.2 Å². The average Bonchev–Trinajstić information content (AvgIpc) is 2.18. The standard InChI is InChI=1S/C9H13NO2S/c1-11-8-5-4-7(10-13-3)6-9(8)12-2/h4-6,10H,1-3H3. The van der Waals surface area contributed by atoms with Crippen LogP contribution in [0.15, 0.2) is 18.2 Å². The van der Waals surface area contributed by atoms with Crippen molar-refractivity contribution in [3.8, 4) is 11.5 Å². The predicted octanol–water partition coefficient (Wildman–Crippen LogP) is 2.39. The van der Waals surface area contributed by atoms with Crippen molar-refractivity contribution in [3.63, 3.8) is 0 Å². The van der Waals surface area contributed by atoms with Gasteiger partial charge in [0.05, 0.1) is 14.2 Å². The predicted molar refractivity (Wildman–Crippen MR) is 56.7 cm³/mol. The Morgan fingerprint density at radius 1 is 1.15 bits per heavy atom. The molecule has 1 aromatic carbocycles. The van der Waals surface area contributed by atoms with Crippen LogP contribution >= 0.6 is 11.9 Å². The second-order valence-electron chi connectivity index (χ2n) is 2.38. The summed E-state index contributed by atoms with van der Waals surface area (Å²) in [6.07, 6.45) is 1.97. The van der Waals surface area contributed by atoms with Crippen molar-refractivity contribution >= 4 is 17.6 Å². The summed E-state index contributed by atoms with van der Waals surface area (Å²) in [5.41, 5.74) is 1.00. The topological polar surface area (TPSA) is 30.5 Å². The summed E-state index contributed by atoms with van der Waals surface area (Å²) in [6.45, 7) is 0. The van der Waals surface area contributed by atoms with Gasteiger partial charge >= 0.3 is 0 Å². The van der Waals surface area contributed by atoms with Crippen molar-refractivity contribution in [1.29, 1.82) is 0 Å². The maximum Gasteiger partial charge on any atom is 0.162 e. The fraction of sp³-hybridized carbons (Fsp3) is 0.333. The Morgan fingerprint density at radius 2 is 1.85 bits per heavy atom. The Bertz CT molecular complexity index is 278. The van der Waals surface area contributed by atoms with Crippen molar-refractivity contribution in [2.45, 2.75) is 0 Å². The van der Waals surface area contributed by atoms with E-state index in [0.717, 1.165) is 17.2 Å². The van der Waals surface area contributed by atoms with Crippen LogP contribution in [0.4, 0.5) is 5.69 Å². The smallest absolute Gasteiger partial charge is 0.162 e. The summed E-state index contributed by atoms with van der Waals surface area (Å²) >= 11 is 1.54. The maximum atomic E-state index is 5.15. The Kier molecular flexibility index (Phi) is 3.76. The Balaban J connectivity index is 2.91. The van der Waals surface area contributed by atoms with E-state index in [9.17, 15) is 0 Å². The quantitative estimate of drug-likeness (QED) is 0.754. The van der Waals surface area contributed by atoms with Crippen molar-refractivity contribution in [3.05, 3.63) is 18.2 Å². The number of anilines is 1. The van der Waals surface area contributed by atoms with E-state index < -0.39 is 0 Å². The van der Waals surface area contributed by atoms with Crippen LogP contribution in [-0.4, -0.2) is 20.5 Å². The van der Waals surface area contributed by atoms with Crippen LogP contribution in [0.2, 0.25) is 0 Å². The van der Waals surface area contributed by atoms with Gasteiger partial charge < -0.3 is 14.2 Å². The van der Waals surface area contributed by atoms with Gasteiger partial charge in [-0.15, -0.1) is 0 Å². The molecule has 0 aromatic heterocycles. The summed E-state index contributed by atoms with van der Waals surface area (Å²) in [4.78, 5) is 0. The molecule has 0 aliphatic carbocycles. The number of methoxy groups -OCH3 is 2. The lowest BCUT2D eigenvalue weighted by molar-refractivity contribution is 0.355. The molecule has 4 heteroatoms. The largest absolute Gasteiger partial charge is 0.493 e. The summed E-state index contributed by atoms with van der Waals surface area (Å²) in [6, 6.07) is 5.71. The normalized spacial score (nSPS) is 9.46. The number of hydrogen-bond donors (Lipinski definition) is 1. The summed E-state index contributed by atoms with van der Waals surface area (Å²) in [7, 11) is 3.25. The van der Waals surface area contributed by atoms with Gasteiger partial charge in [-0.2, -0.15) is 0 Å². The molecule has 0 aliphatic heterocycles. The Labute approximate surface area is 82.6 Å². The first-order valence-corrected chi connectivity index (χ1v) is 5.05. The zero-order valence-corrected chi connectivity index (χ0v) is 8.77. The second-order valence-corrected chi connectivity index (χ2v) is 2.99. The Morgan fingerprint density at radius 3 is 2.38 bits per heavy atom. The lowest BCUT2D eigenvalue weighted by atomic mass is 10.3. The minimum absolute atomic E-state index is 0.738. The summed E-state index contributed by atoms with van der Waals surface area (Å²) < 4.78 is 13.4.